The summed E-state index contributed by atoms with van der Waals surface area (Å²) in [4.78, 5) is 14.1. The molecule has 1 aliphatic carbocycles. The van der Waals surface area contributed by atoms with E-state index in [1.807, 2.05) is 6.92 Å². The van der Waals surface area contributed by atoms with E-state index in [0.29, 0.717) is 12.1 Å². The molecule has 1 rings (SSSR count). The Morgan fingerprint density at radius 3 is 2.44 bits per heavy atom. The Hall–Kier alpha value is -0.610. The number of nitrogens with two attached hydrogens (primary N) is 1. The van der Waals surface area contributed by atoms with Crippen molar-refractivity contribution in [3.05, 3.63) is 0 Å². The van der Waals surface area contributed by atoms with E-state index in [1.165, 1.54) is 12.8 Å². The van der Waals surface area contributed by atoms with Gasteiger partial charge in [-0.3, -0.25) is 4.79 Å². The van der Waals surface area contributed by atoms with Gasteiger partial charge in [-0.2, -0.15) is 0 Å². The molecule has 4 heteroatoms. The Kier molecular flexibility index (Phi) is 5.60. The van der Waals surface area contributed by atoms with Crippen molar-refractivity contribution in [2.75, 3.05) is 13.1 Å². The van der Waals surface area contributed by atoms with Gasteiger partial charge in [0.15, 0.2) is 0 Å². The number of hydrogen-bond acceptors (Lipinski definition) is 3. The number of amides is 1. The molecule has 0 aliphatic heterocycles. The molecule has 1 atom stereocenters. The van der Waals surface area contributed by atoms with Crippen molar-refractivity contribution >= 4 is 5.91 Å². The molecule has 1 aliphatic rings. The minimum Gasteiger partial charge on any atom is -0.368 e. The minimum atomic E-state index is -0.554. The molecule has 106 valence electrons. The zero-order valence-corrected chi connectivity index (χ0v) is 12.3. The lowest BCUT2D eigenvalue weighted by Gasteiger charge is -2.32. The van der Waals surface area contributed by atoms with Gasteiger partial charge in [0, 0.05) is 18.6 Å². The van der Waals surface area contributed by atoms with E-state index in [9.17, 15) is 4.79 Å². The van der Waals surface area contributed by atoms with Gasteiger partial charge in [0.05, 0.1) is 5.54 Å². The number of rotatable bonds is 9. The predicted molar refractivity (Wildman–Crippen MR) is 75.4 cm³/mol. The van der Waals surface area contributed by atoms with Crippen LogP contribution < -0.4 is 11.1 Å². The van der Waals surface area contributed by atoms with Gasteiger partial charge in [0.25, 0.3) is 0 Å². The first kappa shape index (κ1) is 15.4. The van der Waals surface area contributed by atoms with Crippen LogP contribution in [0.15, 0.2) is 0 Å². The molecule has 3 N–H and O–H groups in total. The van der Waals surface area contributed by atoms with Crippen LogP contribution in [0.5, 0.6) is 0 Å². The number of nitrogens with zero attached hydrogens (tertiary/aromatic N) is 1. The van der Waals surface area contributed by atoms with Crippen molar-refractivity contribution in [3.8, 4) is 0 Å². The second kappa shape index (κ2) is 6.53. The SMILES string of the molecule is CCCN(CCC(C)(NC1CC1)C(N)=O)C(C)C. The third-order valence-corrected chi connectivity index (χ3v) is 3.78. The van der Waals surface area contributed by atoms with Crippen LogP contribution in [-0.2, 0) is 4.79 Å². The molecule has 0 aromatic rings. The molecule has 1 saturated carbocycles. The molecular weight excluding hydrogens is 226 g/mol. The lowest BCUT2D eigenvalue weighted by atomic mass is 9.96. The Labute approximate surface area is 111 Å². The van der Waals surface area contributed by atoms with Gasteiger partial charge >= 0.3 is 0 Å². The van der Waals surface area contributed by atoms with Gasteiger partial charge in [-0.15, -0.1) is 0 Å². The molecule has 0 aromatic heterocycles. The molecule has 18 heavy (non-hydrogen) atoms. The highest BCUT2D eigenvalue weighted by Gasteiger charge is 2.37. The van der Waals surface area contributed by atoms with Crippen LogP contribution in [0.4, 0.5) is 0 Å². The number of nitrogens with one attached hydrogen (secondary N) is 1. The van der Waals surface area contributed by atoms with E-state index < -0.39 is 5.54 Å². The van der Waals surface area contributed by atoms with Gasteiger partial charge in [0.1, 0.15) is 0 Å². The van der Waals surface area contributed by atoms with Crippen molar-refractivity contribution in [3.63, 3.8) is 0 Å². The zero-order chi connectivity index (χ0) is 13.8. The van der Waals surface area contributed by atoms with E-state index in [1.54, 1.807) is 0 Å². The summed E-state index contributed by atoms with van der Waals surface area (Å²) in [5.41, 5.74) is 5.01. The van der Waals surface area contributed by atoms with Gasteiger partial charge in [0.2, 0.25) is 5.91 Å². The quantitative estimate of drug-likeness (QED) is 0.656. The molecule has 0 bridgehead atoms. The standard InChI is InChI=1S/C14H29N3O/c1-5-9-17(11(2)3)10-8-14(4,13(15)18)16-12-6-7-12/h11-12,16H,5-10H2,1-4H3,(H2,15,18). The Morgan fingerprint density at radius 1 is 1.44 bits per heavy atom. The highest BCUT2D eigenvalue weighted by atomic mass is 16.1. The summed E-state index contributed by atoms with van der Waals surface area (Å²) in [7, 11) is 0. The van der Waals surface area contributed by atoms with E-state index in [0.717, 1.165) is 25.9 Å². The number of primary amides is 1. The smallest absolute Gasteiger partial charge is 0.237 e. The first-order valence-electron chi connectivity index (χ1n) is 7.20. The third-order valence-electron chi connectivity index (χ3n) is 3.78. The third kappa shape index (κ3) is 4.58. The normalized spacial score (nSPS) is 19.2. The summed E-state index contributed by atoms with van der Waals surface area (Å²) in [5.74, 6) is -0.227. The van der Waals surface area contributed by atoms with Crippen molar-refractivity contribution < 1.29 is 4.79 Å². The summed E-state index contributed by atoms with van der Waals surface area (Å²) in [6.45, 7) is 10.5. The summed E-state index contributed by atoms with van der Waals surface area (Å²) < 4.78 is 0. The minimum absolute atomic E-state index is 0.227. The lowest BCUT2D eigenvalue weighted by molar-refractivity contribution is -0.124. The first-order chi connectivity index (χ1) is 8.39. The summed E-state index contributed by atoms with van der Waals surface area (Å²) >= 11 is 0. The van der Waals surface area contributed by atoms with Gasteiger partial charge in [-0.05, 0) is 53.0 Å². The summed E-state index contributed by atoms with van der Waals surface area (Å²) in [6, 6.07) is 1.02. The predicted octanol–water partition coefficient (Wildman–Crippen LogP) is 1.49. The number of hydrogen-bond donors (Lipinski definition) is 2. The molecular formula is C14H29N3O. The average molecular weight is 255 g/mol. The maximum Gasteiger partial charge on any atom is 0.237 e. The molecule has 0 spiro atoms. The molecule has 0 saturated heterocycles. The Bertz CT molecular complexity index is 276. The second-order valence-corrected chi connectivity index (χ2v) is 5.99. The van der Waals surface area contributed by atoms with E-state index in [2.05, 4.69) is 31.0 Å². The van der Waals surface area contributed by atoms with Crippen LogP contribution in [0.3, 0.4) is 0 Å². The molecule has 0 heterocycles. The maximum absolute atomic E-state index is 11.7. The topological polar surface area (TPSA) is 58.4 Å². The lowest BCUT2D eigenvalue weighted by Crippen LogP contribution is -2.55. The van der Waals surface area contributed by atoms with Crippen molar-refractivity contribution in [2.45, 2.75) is 71.0 Å². The highest BCUT2D eigenvalue weighted by molar-refractivity contribution is 5.84. The van der Waals surface area contributed by atoms with Crippen LogP contribution in [0.2, 0.25) is 0 Å². The first-order valence-corrected chi connectivity index (χ1v) is 7.20. The summed E-state index contributed by atoms with van der Waals surface area (Å²) in [6.07, 6.45) is 4.27. The monoisotopic (exact) mass is 255 g/mol. The fourth-order valence-electron chi connectivity index (χ4n) is 2.23. The summed E-state index contributed by atoms with van der Waals surface area (Å²) in [5, 5.41) is 3.40. The highest BCUT2D eigenvalue weighted by Crippen LogP contribution is 2.24. The van der Waals surface area contributed by atoms with Crippen molar-refractivity contribution in [2.24, 2.45) is 5.73 Å². The fourth-order valence-corrected chi connectivity index (χ4v) is 2.23. The van der Waals surface area contributed by atoms with Crippen LogP contribution >= 0.6 is 0 Å². The van der Waals surface area contributed by atoms with Gasteiger partial charge in [-0.1, -0.05) is 6.92 Å². The molecule has 1 fully saturated rings. The maximum atomic E-state index is 11.7. The fraction of sp³-hybridized carbons (Fsp3) is 0.929. The van der Waals surface area contributed by atoms with Crippen LogP contribution in [-0.4, -0.2) is 41.5 Å². The number of carbonyl (C=O) groups is 1. The Balaban J connectivity index is 2.51. The van der Waals surface area contributed by atoms with Crippen molar-refractivity contribution in [1.29, 1.82) is 0 Å². The second-order valence-electron chi connectivity index (χ2n) is 5.99. The van der Waals surface area contributed by atoms with Crippen LogP contribution in [0.1, 0.15) is 53.4 Å². The molecule has 1 unspecified atom stereocenters. The largest absolute Gasteiger partial charge is 0.368 e. The van der Waals surface area contributed by atoms with Gasteiger partial charge < -0.3 is 16.0 Å². The molecule has 4 nitrogen and oxygen atoms in total. The van der Waals surface area contributed by atoms with E-state index in [4.69, 9.17) is 5.73 Å². The van der Waals surface area contributed by atoms with Crippen LogP contribution in [0, 0.1) is 0 Å². The van der Waals surface area contributed by atoms with E-state index in [-0.39, 0.29) is 5.91 Å². The average Bonchev–Trinajstić information content (AvgIpc) is 3.07. The molecule has 1 amide bonds. The van der Waals surface area contributed by atoms with Crippen molar-refractivity contribution in [1.82, 2.24) is 10.2 Å². The Morgan fingerprint density at radius 2 is 2.06 bits per heavy atom. The number of carbonyl (C=O) groups excluding carboxylic acids is 1. The zero-order valence-electron chi connectivity index (χ0n) is 12.3. The molecule has 0 radical (unpaired) electrons. The molecule has 0 aromatic carbocycles. The van der Waals surface area contributed by atoms with Crippen LogP contribution in [0.25, 0.3) is 0 Å². The van der Waals surface area contributed by atoms with Gasteiger partial charge in [-0.25, -0.2) is 0 Å². The van der Waals surface area contributed by atoms with E-state index >= 15 is 0 Å².